The Morgan fingerprint density at radius 2 is 1.94 bits per heavy atom. The predicted molar refractivity (Wildman–Crippen MR) is 70.8 cm³/mol. The minimum absolute atomic E-state index is 0.716. The molecule has 2 nitrogen and oxygen atoms in total. The number of hydrogen-bond donors (Lipinski definition) is 1. The molecule has 17 heavy (non-hydrogen) atoms. The first kappa shape index (κ1) is 11.2. The van der Waals surface area contributed by atoms with Gasteiger partial charge in [-0.15, -0.1) is 0 Å². The molecule has 0 bridgehead atoms. The van der Waals surface area contributed by atoms with Gasteiger partial charge in [0.15, 0.2) is 0 Å². The van der Waals surface area contributed by atoms with Crippen molar-refractivity contribution in [2.45, 2.75) is 25.9 Å². The predicted octanol–water partition coefficient (Wildman–Crippen LogP) is 2.12. The molecule has 3 unspecified atom stereocenters. The van der Waals surface area contributed by atoms with Crippen molar-refractivity contribution in [1.82, 2.24) is 10.2 Å². The van der Waals surface area contributed by atoms with E-state index in [-0.39, 0.29) is 0 Å². The van der Waals surface area contributed by atoms with Crippen LogP contribution < -0.4 is 5.32 Å². The van der Waals surface area contributed by atoms with E-state index in [0.29, 0.717) is 6.04 Å². The maximum Gasteiger partial charge on any atom is 0.0233 e. The van der Waals surface area contributed by atoms with Crippen LogP contribution >= 0.6 is 0 Å². The summed E-state index contributed by atoms with van der Waals surface area (Å²) in [6.07, 6.45) is 1.36. The first-order chi connectivity index (χ1) is 8.31. The maximum atomic E-state index is 3.61. The molecule has 0 saturated carbocycles. The highest BCUT2D eigenvalue weighted by Gasteiger charge is 2.36. The van der Waals surface area contributed by atoms with Crippen molar-refractivity contribution < 1.29 is 0 Å². The second-order valence-corrected chi connectivity index (χ2v) is 5.74. The lowest BCUT2D eigenvalue weighted by atomic mass is 9.86. The van der Waals surface area contributed by atoms with Crippen LogP contribution in [0.3, 0.4) is 0 Å². The van der Waals surface area contributed by atoms with Gasteiger partial charge in [-0.2, -0.15) is 0 Å². The lowest BCUT2D eigenvalue weighted by molar-refractivity contribution is 0.269. The fourth-order valence-electron chi connectivity index (χ4n) is 3.39. The van der Waals surface area contributed by atoms with Crippen LogP contribution in [0.1, 0.15) is 18.9 Å². The van der Waals surface area contributed by atoms with Crippen molar-refractivity contribution >= 4 is 0 Å². The van der Waals surface area contributed by atoms with Gasteiger partial charge in [-0.25, -0.2) is 0 Å². The second-order valence-electron chi connectivity index (χ2n) is 5.74. The molecule has 3 atom stereocenters. The van der Waals surface area contributed by atoms with Gasteiger partial charge < -0.3 is 5.32 Å². The summed E-state index contributed by atoms with van der Waals surface area (Å²) in [7, 11) is 0. The molecule has 1 aromatic rings. The highest BCUT2D eigenvalue weighted by Crippen LogP contribution is 2.30. The van der Waals surface area contributed by atoms with Crippen LogP contribution in [0.15, 0.2) is 30.3 Å². The van der Waals surface area contributed by atoms with Gasteiger partial charge in [0.05, 0.1) is 0 Å². The van der Waals surface area contributed by atoms with E-state index < -0.39 is 0 Å². The number of nitrogens with one attached hydrogen (secondary N) is 1. The van der Waals surface area contributed by atoms with E-state index in [2.05, 4.69) is 47.5 Å². The van der Waals surface area contributed by atoms with Crippen LogP contribution in [0, 0.1) is 11.8 Å². The van der Waals surface area contributed by atoms with Gasteiger partial charge in [-0.3, -0.25) is 4.90 Å². The second kappa shape index (κ2) is 4.79. The van der Waals surface area contributed by atoms with Gasteiger partial charge in [0.2, 0.25) is 0 Å². The zero-order chi connectivity index (χ0) is 11.7. The van der Waals surface area contributed by atoms with E-state index in [9.17, 15) is 0 Å². The number of benzene rings is 1. The van der Waals surface area contributed by atoms with Crippen molar-refractivity contribution in [2.24, 2.45) is 11.8 Å². The molecule has 2 heterocycles. The molecule has 1 aromatic carbocycles. The van der Waals surface area contributed by atoms with Gasteiger partial charge in [-0.1, -0.05) is 30.3 Å². The first-order valence-electron chi connectivity index (χ1n) is 6.81. The van der Waals surface area contributed by atoms with Crippen LogP contribution in [-0.2, 0) is 6.54 Å². The van der Waals surface area contributed by atoms with E-state index in [1.807, 2.05) is 0 Å². The zero-order valence-electron chi connectivity index (χ0n) is 10.6. The molecule has 0 aliphatic carbocycles. The molecule has 2 heteroatoms. The van der Waals surface area contributed by atoms with Gasteiger partial charge >= 0.3 is 0 Å². The topological polar surface area (TPSA) is 15.3 Å². The zero-order valence-corrected chi connectivity index (χ0v) is 10.6. The molecular formula is C15H22N2. The van der Waals surface area contributed by atoms with Crippen molar-refractivity contribution in [1.29, 1.82) is 0 Å². The molecule has 2 aliphatic heterocycles. The molecule has 0 radical (unpaired) electrons. The van der Waals surface area contributed by atoms with Gasteiger partial charge in [0.25, 0.3) is 0 Å². The number of hydrogen-bond acceptors (Lipinski definition) is 2. The van der Waals surface area contributed by atoms with Gasteiger partial charge in [0.1, 0.15) is 0 Å². The first-order valence-corrected chi connectivity index (χ1v) is 6.81. The summed E-state index contributed by atoms with van der Waals surface area (Å²) in [6.45, 7) is 7.24. The lowest BCUT2D eigenvalue weighted by Gasteiger charge is -2.29. The lowest BCUT2D eigenvalue weighted by Crippen LogP contribution is -2.41. The normalized spacial score (nSPS) is 33.6. The molecule has 3 rings (SSSR count). The third-order valence-corrected chi connectivity index (χ3v) is 4.29. The molecule has 2 fully saturated rings. The van der Waals surface area contributed by atoms with Crippen LogP contribution in [0.25, 0.3) is 0 Å². The van der Waals surface area contributed by atoms with Crippen LogP contribution in [-0.4, -0.2) is 30.6 Å². The van der Waals surface area contributed by atoms with Gasteiger partial charge in [0, 0.05) is 25.7 Å². The average Bonchev–Trinajstić information content (AvgIpc) is 2.71. The van der Waals surface area contributed by atoms with E-state index in [1.54, 1.807) is 0 Å². The average molecular weight is 230 g/mol. The summed E-state index contributed by atoms with van der Waals surface area (Å²) in [6, 6.07) is 11.6. The highest BCUT2D eigenvalue weighted by molar-refractivity contribution is 5.14. The molecule has 0 aromatic heterocycles. The molecule has 1 N–H and O–H groups in total. The largest absolute Gasteiger partial charge is 0.314 e. The number of fused-ring (bicyclic) bond motifs is 1. The minimum Gasteiger partial charge on any atom is -0.314 e. The van der Waals surface area contributed by atoms with E-state index in [4.69, 9.17) is 0 Å². The molecule has 2 aliphatic rings. The summed E-state index contributed by atoms with van der Waals surface area (Å²) >= 11 is 0. The standard InChI is InChI=1S/C15H22N2/c1-12-7-14-10-17(11-15(14)8-16-12)9-13-5-3-2-4-6-13/h2-6,12,14-16H,7-11H2,1H3. The van der Waals surface area contributed by atoms with Crippen LogP contribution in [0.2, 0.25) is 0 Å². The Morgan fingerprint density at radius 3 is 2.76 bits per heavy atom. The third kappa shape index (κ3) is 2.53. The van der Waals surface area contributed by atoms with Crippen LogP contribution in [0.4, 0.5) is 0 Å². The van der Waals surface area contributed by atoms with Crippen molar-refractivity contribution in [3.05, 3.63) is 35.9 Å². The Labute approximate surface area is 104 Å². The number of likely N-dealkylation sites (tertiary alicyclic amines) is 1. The number of rotatable bonds is 2. The van der Waals surface area contributed by atoms with Gasteiger partial charge in [-0.05, 0) is 37.3 Å². The molecule has 2 saturated heterocycles. The van der Waals surface area contributed by atoms with E-state index >= 15 is 0 Å². The molecule has 0 spiro atoms. The highest BCUT2D eigenvalue weighted by atomic mass is 15.2. The van der Waals surface area contributed by atoms with Crippen molar-refractivity contribution in [3.8, 4) is 0 Å². The minimum atomic E-state index is 0.716. The quantitative estimate of drug-likeness (QED) is 0.837. The van der Waals surface area contributed by atoms with Crippen molar-refractivity contribution in [2.75, 3.05) is 19.6 Å². The van der Waals surface area contributed by atoms with Crippen molar-refractivity contribution in [3.63, 3.8) is 0 Å². The Kier molecular flexibility index (Phi) is 3.17. The Balaban J connectivity index is 1.60. The molecule has 0 amide bonds. The van der Waals surface area contributed by atoms with Crippen LogP contribution in [0.5, 0.6) is 0 Å². The summed E-state index contributed by atoms with van der Waals surface area (Å²) in [5.41, 5.74) is 1.45. The Hall–Kier alpha value is -0.860. The SMILES string of the molecule is CC1CC2CN(Cc3ccccc3)CC2CN1. The third-order valence-electron chi connectivity index (χ3n) is 4.29. The fraction of sp³-hybridized carbons (Fsp3) is 0.600. The number of nitrogens with zero attached hydrogens (tertiary/aromatic N) is 1. The fourth-order valence-corrected chi connectivity index (χ4v) is 3.39. The summed E-state index contributed by atoms with van der Waals surface area (Å²) in [5, 5.41) is 3.61. The molecular weight excluding hydrogens is 208 g/mol. The Bertz CT molecular complexity index is 362. The monoisotopic (exact) mass is 230 g/mol. The van der Waals surface area contributed by atoms with E-state index in [0.717, 1.165) is 18.4 Å². The van der Waals surface area contributed by atoms with E-state index in [1.165, 1.54) is 31.6 Å². The molecule has 92 valence electrons. The maximum absolute atomic E-state index is 3.61. The summed E-state index contributed by atoms with van der Waals surface area (Å²) < 4.78 is 0. The summed E-state index contributed by atoms with van der Waals surface area (Å²) in [4.78, 5) is 2.63. The Morgan fingerprint density at radius 1 is 1.18 bits per heavy atom. The summed E-state index contributed by atoms with van der Waals surface area (Å²) in [5.74, 6) is 1.81. The number of piperidine rings is 1. The smallest absolute Gasteiger partial charge is 0.0233 e.